The maximum absolute atomic E-state index is 12.8. The summed E-state index contributed by atoms with van der Waals surface area (Å²) < 4.78 is 10.9. The van der Waals surface area contributed by atoms with E-state index in [2.05, 4.69) is 29.8 Å². The Hall–Kier alpha value is -2.76. The van der Waals surface area contributed by atoms with Crippen LogP contribution in [0.2, 0.25) is 0 Å². The summed E-state index contributed by atoms with van der Waals surface area (Å²) in [6.45, 7) is 7.38. The van der Waals surface area contributed by atoms with Crippen LogP contribution in [0.15, 0.2) is 30.5 Å². The molecule has 3 rings (SSSR count). The summed E-state index contributed by atoms with van der Waals surface area (Å²) in [4.78, 5) is 21.5. The summed E-state index contributed by atoms with van der Waals surface area (Å²) >= 11 is 0. The first-order valence-electron chi connectivity index (χ1n) is 10.3. The quantitative estimate of drug-likeness (QED) is 0.676. The van der Waals surface area contributed by atoms with E-state index in [4.69, 9.17) is 9.47 Å². The number of hydrogen-bond donors (Lipinski definition) is 0. The van der Waals surface area contributed by atoms with Crippen LogP contribution in [0.1, 0.15) is 48.2 Å². The highest BCUT2D eigenvalue weighted by Crippen LogP contribution is 2.34. The van der Waals surface area contributed by atoms with Crippen molar-refractivity contribution in [3.63, 3.8) is 0 Å². The Labute approximate surface area is 173 Å². The van der Waals surface area contributed by atoms with Crippen LogP contribution >= 0.6 is 0 Å². The first-order valence-corrected chi connectivity index (χ1v) is 10.3. The Morgan fingerprint density at radius 3 is 2.28 bits per heavy atom. The van der Waals surface area contributed by atoms with Crippen LogP contribution in [0.4, 0.5) is 5.82 Å². The van der Waals surface area contributed by atoms with Gasteiger partial charge in [0.1, 0.15) is 5.82 Å². The van der Waals surface area contributed by atoms with Crippen molar-refractivity contribution < 1.29 is 14.3 Å². The molecule has 0 fully saturated rings. The van der Waals surface area contributed by atoms with Gasteiger partial charge in [0, 0.05) is 32.4 Å². The van der Waals surface area contributed by atoms with Crippen LogP contribution in [0.25, 0.3) is 0 Å². The van der Waals surface area contributed by atoms with Gasteiger partial charge in [0.05, 0.1) is 19.8 Å². The van der Waals surface area contributed by atoms with Crippen molar-refractivity contribution in [2.75, 3.05) is 38.8 Å². The van der Waals surface area contributed by atoms with Gasteiger partial charge in [-0.15, -0.1) is 0 Å². The molecule has 1 aromatic carbocycles. The fourth-order valence-corrected chi connectivity index (χ4v) is 3.82. The van der Waals surface area contributed by atoms with Crippen LogP contribution in [0, 0.1) is 0 Å². The number of amides is 1. The first-order chi connectivity index (χ1) is 14.1. The minimum absolute atomic E-state index is 0.0635. The molecular weight excluding hydrogens is 366 g/mol. The summed E-state index contributed by atoms with van der Waals surface area (Å²) in [5.74, 6) is 2.46. The van der Waals surface area contributed by atoms with Crippen LogP contribution in [-0.2, 0) is 13.0 Å². The van der Waals surface area contributed by atoms with Crippen molar-refractivity contribution in [3.05, 3.63) is 47.2 Å². The van der Waals surface area contributed by atoms with Crippen LogP contribution in [0.3, 0.4) is 0 Å². The molecule has 6 nitrogen and oxygen atoms in total. The Kier molecular flexibility index (Phi) is 6.96. The number of methoxy groups -OCH3 is 2. The number of pyridine rings is 1. The fraction of sp³-hybridized carbons (Fsp3) is 0.478. The van der Waals surface area contributed by atoms with Crippen LogP contribution < -0.4 is 14.4 Å². The zero-order valence-electron chi connectivity index (χ0n) is 17.9. The Morgan fingerprint density at radius 1 is 1.07 bits per heavy atom. The molecule has 0 spiro atoms. The van der Waals surface area contributed by atoms with E-state index in [1.807, 2.05) is 23.1 Å². The molecule has 0 atom stereocenters. The molecule has 0 aliphatic carbocycles. The largest absolute Gasteiger partial charge is 0.493 e. The van der Waals surface area contributed by atoms with E-state index in [0.717, 1.165) is 62.8 Å². The van der Waals surface area contributed by atoms with E-state index in [1.165, 1.54) is 11.1 Å². The van der Waals surface area contributed by atoms with E-state index < -0.39 is 0 Å². The molecule has 156 valence electrons. The van der Waals surface area contributed by atoms with Crippen molar-refractivity contribution in [3.8, 4) is 11.5 Å². The third-order valence-electron chi connectivity index (χ3n) is 5.31. The molecule has 0 saturated carbocycles. The summed E-state index contributed by atoms with van der Waals surface area (Å²) in [6, 6.07) is 7.96. The Morgan fingerprint density at radius 2 is 1.72 bits per heavy atom. The predicted octanol–water partition coefficient (Wildman–Crippen LogP) is 3.92. The van der Waals surface area contributed by atoms with Gasteiger partial charge in [-0.3, -0.25) is 4.79 Å². The molecule has 0 unspecified atom stereocenters. The maximum atomic E-state index is 12.8. The summed E-state index contributed by atoms with van der Waals surface area (Å²) in [5.41, 5.74) is 3.15. The number of nitrogens with zero attached hydrogens (tertiary/aromatic N) is 3. The minimum atomic E-state index is 0.0635. The van der Waals surface area contributed by atoms with E-state index >= 15 is 0 Å². The third kappa shape index (κ3) is 4.63. The van der Waals surface area contributed by atoms with Gasteiger partial charge in [-0.1, -0.05) is 13.8 Å². The number of carbonyl (C=O) groups excluding carboxylic acids is 1. The van der Waals surface area contributed by atoms with Crippen molar-refractivity contribution >= 4 is 11.7 Å². The van der Waals surface area contributed by atoms with E-state index in [1.54, 1.807) is 20.4 Å². The van der Waals surface area contributed by atoms with Gasteiger partial charge in [0.15, 0.2) is 11.5 Å². The van der Waals surface area contributed by atoms with E-state index in [9.17, 15) is 4.79 Å². The highest BCUT2D eigenvalue weighted by atomic mass is 16.5. The van der Waals surface area contributed by atoms with Gasteiger partial charge in [-0.2, -0.15) is 0 Å². The monoisotopic (exact) mass is 397 g/mol. The predicted molar refractivity (Wildman–Crippen MR) is 115 cm³/mol. The molecule has 0 N–H and O–H groups in total. The van der Waals surface area contributed by atoms with Gasteiger partial charge < -0.3 is 19.3 Å². The second kappa shape index (κ2) is 9.63. The van der Waals surface area contributed by atoms with Gasteiger partial charge in [0.25, 0.3) is 5.91 Å². The molecule has 2 aromatic rings. The second-order valence-electron chi connectivity index (χ2n) is 7.34. The van der Waals surface area contributed by atoms with Crippen LogP contribution in [-0.4, -0.2) is 49.6 Å². The number of ether oxygens (including phenoxy) is 2. The molecule has 0 radical (unpaired) electrons. The second-order valence-corrected chi connectivity index (χ2v) is 7.34. The summed E-state index contributed by atoms with van der Waals surface area (Å²) in [6.07, 6.45) is 4.54. The highest BCUT2D eigenvalue weighted by Gasteiger charge is 2.21. The maximum Gasteiger partial charge on any atom is 0.255 e. The van der Waals surface area contributed by atoms with Crippen molar-refractivity contribution in [1.82, 2.24) is 9.88 Å². The highest BCUT2D eigenvalue weighted by molar-refractivity contribution is 5.94. The lowest BCUT2D eigenvalue weighted by Crippen LogP contribution is -2.33. The van der Waals surface area contributed by atoms with E-state index in [-0.39, 0.29) is 5.91 Å². The molecular formula is C23H31N3O3. The molecule has 1 amide bonds. The topological polar surface area (TPSA) is 54.9 Å². The molecule has 1 aliphatic rings. The third-order valence-corrected chi connectivity index (χ3v) is 5.31. The summed E-state index contributed by atoms with van der Waals surface area (Å²) in [5, 5.41) is 0. The number of fused-ring (bicyclic) bond motifs is 1. The average molecular weight is 398 g/mol. The fourth-order valence-electron chi connectivity index (χ4n) is 3.82. The zero-order valence-corrected chi connectivity index (χ0v) is 17.9. The first kappa shape index (κ1) is 21.0. The average Bonchev–Trinajstić information content (AvgIpc) is 2.77. The smallest absolute Gasteiger partial charge is 0.255 e. The zero-order chi connectivity index (χ0) is 20.8. The number of rotatable bonds is 8. The van der Waals surface area contributed by atoms with Gasteiger partial charge in [-0.25, -0.2) is 4.98 Å². The van der Waals surface area contributed by atoms with Crippen molar-refractivity contribution in [2.24, 2.45) is 0 Å². The lowest BCUT2D eigenvalue weighted by atomic mass is 9.98. The van der Waals surface area contributed by atoms with Crippen LogP contribution in [0.5, 0.6) is 11.5 Å². The number of hydrogen-bond acceptors (Lipinski definition) is 5. The number of carbonyl (C=O) groups is 1. The van der Waals surface area contributed by atoms with Gasteiger partial charge in [0.2, 0.25) is 0 Å². The SMILES string of the molecule is CCCN(CCC)C(=O)c1ccc(N2CCc3cc(OC)c(OC)cc3C2)nc1. The van der Waals surface area contributed by atoms with Crippen molar-refractivity contribution in [1.29, 1.82) is 0 Å². The molecule has 6 heteroatoms. The molecule has 1 aliphatic heterocycles. The standard InChI is InChI=1S/C23H31N3O3/c1-5-10-25(11-6-2)23(27)18-7-8-22(24-15-18)26-12-9-17-13-20(28-3)21(29-4)14-19(17)16-26/h7-8,13-15H,5-6,9-12,16H2,1-4H3. The summed E-state index contributed by atoms with van der Waals surface area (Å²) in [7, 11) is 3.32. The number of benzene rings is 1. The van der Waals surface area contributed by atoms with Crippen molar-refractivity contribution in [2.45, 2.75) is 39.7 Å². The molecule has 1 aromatic heterocycles. The van der Waals surface area contributed by atoms with Gasteiger partial charge in [-0.05, 0) is 54.7 Å². The molecule has 2 heterocycles. The van der Waals surface area contributed by atoms with Gasteiger partial charge >= 0.3 is 0 Å². The lowest BCUT2D eigenvalue weighted by molar-refractivity contribution is 0.0755. The minimum Gasteiger partial charge on any atom is -0.493 e. The molecule has 0 saturated heterocycles. The Balaban J connectivity index is 1.75. The number of aromatic nitrogens is 1. The normalized spacial score (nSPS) is 13.0. The molecule has 0 bridgehead atoms. The lowest BCUT2D eigenvalue weighted by Gasteiger charge is -2.30. The number of anilines is 1. The Bertz CT molecular complexity index is 830. The molecule has 29 heavy (non-hydrogen) atoms. The van der Waals surface area contributed by atoms with E-state index in [0.29, 0.717) is 5.56 Å².